The van der Waals surface area contributed by atoms with E-state index in [9.17, 15) is 9.59 Å². The normalized spacial score (nSPS) is 15.9. The van der Waals surface area contributed by atoms with Gasteiger partial charge in [-0.2, -0.15) is 5.10 Å². The quantitative estimate of drug-likeness (QED) is 0.776. The third-order valence-electron chi connectivity index (χ3n) is 4.93. The fourth-order valence-corrected chi connectivity index (χ4v) is 3.13. The molecule has 1 aliphatic heterocycles. The summed E-state index contributed by atoms with van der Waals surface area (Å²) in [6.45, 7) is 10.7. The highest BCUT2D eigenvalue weighted by Crippen LogP contribution is 2.18. The summed E-state index contributed by atoms with van der Waals surface area (Å²) >= 11 is 0. The molecule has 0 N–H and O–H groups in total. The van der Waals surface area contributed by atoms with Gasteiger partial charge in [-0.05, 0) is 6.07 Å². The monoisotopic (exact) mass is 372 g/mol. The lowest BCUT2D eigenvalue weighted by atomic mass is 9.92. The maximum Gasteiger partial charge on any atom is 0.293 e. The molecule has 2 aromatic heterocycles. The molecule has 1 fully saturated rings. The Labute approximate surface area is 159 Å². The van der Waals surface area contributed by atoms with Gasteiger partial charge in [0.2, 0.25) is 0 Å². The van der Waals surface area contributed by atoms with E-state index in [4.69, 9.17) is 0 Å². The van der Waals surface area contributed by atoms with Crippen molar-refractivity contribution in [2.24, 2.45) is 7.05 Å². The molecular weight excluding hydrogens is 344 g/mol. The van der Waals surface area contributed by atoms with E-state index in [0.717, 1.165) is 38.4 Å². The van der Waals surface area contributed by atoms with Crippen molar-refractivity contribution in [3.8, 4) is 0 Å². The Bertz CT molecular complexity index is 903. The van der Waals surface area contributed by atoms with Crippen LogP contribution in [-0.4, -0.2) is 57.0 Å². The first-order valence-corrected chi connectivity index (χ1v) is 9.33. The van der Waals surface area contributed by atoms with Crippen molar-refractivity contribution in [1.29, 1.82) is 0 Å². The Morgan fingerprint density at radius 1 is 1.04 bits per heavy atom. The molecule has 146 valence electrons. The molecule has 1 aliphatic rings. The zero-order chi connectivity index (χ0) is 19.6. The molecule has 3 heterocycles. The SMILES string of the molecule is Cn1ccnc(N2CCN(CCn3nc(C(C)(C)C)ccc3=O)CC2)c1=O. The molecule has 0 saturated carbocycles. The van der Waals surface area contributed by atoms with Gasteiger partial charge >= 0.3 is 0 Å². The molecule has 0 unspecified atom stereocenters. The molecule has 1 saturated heterocycles. The summed E-state index contributed by atoms with van der Waals surface area (Å²) in [6.07, 6.45) is 3.32. The van der Waals surface area contributed by atoms with Crippen LogP contribution in [0.3, 0.4) is 0 Å². The van der Waals surface area contributed by atoms with E-state index in [1.54, 1.807) is 34.8 Å². The Kier molecular flexibility index (Phi) is 5.46. The first kappa shape index (κ1) is 19.3. The Hall–Kier alpha value is -2.48. The minimum atomic E-state index is -0.0874. The van der Waals surface area contributed by atoms with Crippen molar-refractivity contribution >= 4 is 5.82 Å². The molecule has 0 aliphatic carbocycles. The van der Waals surface area contributed by atoms with E-state index in [1.807, 2.05) is 11.0 Å². The van der Waals surface area contributed by atoms with Crippen LogP contribution in [0, 0.1) is 0 Å². The fourth-order valence-electron chi connectivity index (χ4n) is 3.13. The van der Waals surface area contributed by atoms with E-state index in [1.165, 1.54) is 0 Å². The van der Waals surface area contributed by atoms with Crippen LogP contribution < -0.4 is 16.0 Å². The molecule has 8 heteroatoms. The molecule has 0 spiro atoms. The zero-order valence-corrected chi connectivity index (χ0v) is 16.6. The van der Waals surface area contributed by atoms with E-state index in [0.29, 0.717) is 12.4 Å². The lowest BCUT2D eigenvalue weighted by molar-refractivity contribution is 0.241. The minimum Gasteiger partial charge on any atom is -0.349 e. The van der Waals surface area contributed by atoms with E-state index in [-0.39, 0.29) is 16.5 Å². The third-order valence-corrected chi connectivity index (χ3v) is 4.93. The van der Waals surface area contributed by atoms with Gasteiger partial charge in [-0.1, -0.05) is 20.8 Å². The van der Waals surface area contributed by atoms with Gasteiger partial charge in [0, 0.05) is 63.6 Å². The molecule has 0 bridgehead atoms. The predicted molar refractivity (Wildman–Crippen MR) is 105 cm³/mol. The molecular formula is C19H28N6O2. The number of hydrogen-bond acceptors (Lipinski definition) is 6. The summed E-state index contributed by atoms with van der Waals surface area (Å²) in [5.41, 5.74) is 0.688. The van der Waals surface area contributed by atoms with Gasteiger partial charge in [-0.3, -0.25) is 14.5 Å². The van der Waals surface area contributed by atoms with Gasteiger partial charge < -0.3 is 9.47 Å². The predicted octanol–water partition coefficient (Wildman–Crippen LogP) is 0.457. The Balaban J connectivity index is 1.60. The zero-order valence-electron chi connectivity index (χ0n) is 16.6. The number of hydrogen-bond donors (Lipinski definition) is 0. The summed E-state index contributed by atoms with van der Waals surface area (Å²) in [4.78, 5) is 32.9. The van der Waals surface area contributed by atoms with E-state index >= 15 is 0 Å². The molecule has 0 radical (unpaired) electrons. The highest BCUT2D eigenvalue weighted by Gasteiger charge is 2.21. The van der Waals surface area contributed by atoms with Crippen molar-refractivity contribution in [2.75, 3.05) is 37.6 Å². The van der Waals surface area contributed by atoms with Gasteiger partial charge in [0.15, 0.2) is 5.82 Å². The Morgan fingerprint density at radius 3 is 2.41 bits per heavy atom. The summed E-state index contributed by atoms with van der Waals surface area (Å²) < 4.78 is 3.11. The van der Waals surface area contributed by atoms with E-state index < -0.39 is 0 Å². The fraction of sp³-hybridized carbons (Fsp3) is 0.579. The second-order valence-corrected chi connectivity index (χ2v) is 8.03. The van der Waals surface area contributed by atoms with Crippen LogP contribution in [0.2, 0.25) is 0 Å². The highest BCUT2D eigenvalue weighted by atomic mass is 16.1. The second-order valence-electron chi connectivity index (χ2n) is 8.03. The molecule has 8 nitrogen and oxygen atoms in total. The van der Waals surface area contributed by atoms with Crippen LogP contribution >= 0.6 is 0 Å². The number of nitrogens with zero attached hydrogens (tertiary/aromatic N) is 6. The topological polar surface area (TPSA) is 76.3 Å². The number of aryl methyl sites for hydroxylation is 1. The number of aromatic nitrogens is 4. The van der Waals surface area contributed by atoms with Crippen molar-refractivity contribution in [3.63, 3.8) is 0 Å². The Morgan fingerprint density at radius 2 is 1.74 bits per heavy atom. The minimum absolute atomic E-state index is 0.0688. The molecule has 2 aromatic rings. The van der Waals surface area contributed by atoms with Crippen molar-refractivity contribution < 1.29 is 0 Å². The number of rotatable bonds is 4. The molecule has 3 rings (SSSR count). The second kappa shape index (κ2) is 7.64. The number of piperazine rings is 1. The smallest absolute Gasteiger partial charge is 0.293 e. The van der Waals surface area contributed by atoms with Crippen LogP contribution in [0.5, 0.6) is 0 Å². The first-order chi connectivity index (χ1) is 12.8. The molecule has 27 heavy (non-hydrogen) atoms. The lowest BCUT2D eigenvalue weighted by Crippen LogP contribution is -2.49. The first-order valence-electron chi connectivity index (χ1n) is 9.33. The number of anilines is 1. The van der Waals surface area contributed by atoms with Crippen LogP contribution in [0.4, 0.5) is 5.82 Å². The van der Waals surface area contributed by atoms with Crippen LogP contribution in [0.25, 0.3) is 0 Å². The van der Waals surface area contributed by atoms with Crippen molar-refractivity contribution in [3.05, 3.63) is 50.9 Å². The van der Waals surface area contributed by atoms with Gasteiger partial charge in [-0.15, -0.1) is 0 Å². The summed E-state index contributed by atoms with van der Waals surface area (Å²) in [5, 5.41) is 4.52. The van der Waals surface area contributed by atoms with Crippen LogP contribution in [0.15, 0.2) is 34.1 Å². The summed E-state index contributed by atoms with van der Waals surface area (Å²) in [7, 11) is 1.74. The van der Waals surface area contributed by atoms with Gasteiger partial charge in [0.1, 0.15) is 0 Å². The standard InChI is InChI=1S/C19H28N6O2/c1-19(2,3)15-5-6-16(26)25(21-15)14-11-23-9-12-24(13-10-23)17-18(27)22(4)8-7-20-17/h5-8H,9-14H2,1-4H3. The molecule has 0 aromatic carbocycles. The average molecular weight is 372 g/mol. The molecule has 0 amide bonds. The molecule has 0 atom stereocenters. The van der Waals surface area contributed by atoms with Crippen molar-refractivity contribution in [1.82, 2.24) is 24.2 Å². The average Bonchev–Trinajstić information content (AvgIpc) is 2.63. The van der Waals surface area contributed by atoms with Crippen molar-refractivity contribution in [2.45, 2.75) is 32.7 Å². The van der Waals surface area contributed by atoms with Crippen LogP contribution in [-0.2, 0) is 19.0 Å². The van der Waals surface area contributed by atoms with Gasteiger partial charge in [0.25, 0.3) is 11.1 Å². The highest BCUT2D eigenvalue weighted by molar-refractivity contribution is 5.36. The third kappa shape index (κ3) is 4.44. The summed E-state index contributed by atoms with van der Waals surface area (Å²) in [5.74, 6) is 0.510. The summed E-state index contributed by atoms with van der Waals surface area (Å²) in [6, 6.07) is 3.41. The van der Waals surface area contributed by atoms with Gasteiger partial charge in [-0.25, -0.2) is 9.67 Å². The lowest BCUT2D eigenvalue weighted by Gasteiger charge is -2.35. The maximum absolute atomic E-state index is 12.2. The maximum atomic E-state index is 12.2. The van der Waals surface area contributed by atoms with E-state index in [2.05, 4.69) is 35.8 Å². The van der Waals surface area contributed by atoms with Crippen LogP contribution in [0.1, 0.15) is 26.5 Å². The largest absolute Gasteiger partial charge is 0.349 e. The van der Waals surface area contributed by atoms with Gasteiger partial charge in [0.05, 0.1) is 12.2 Å².